The monoisotopic (exact) mass is 251 g/mol. The molecule has 0 atom stereocenters. The van der Waals surface area contributed by atoms with E-state index in [4.69, 9.17) is 5.73 Å². The largest absolute Gasteiger partial charge is 0.332 e. The Kier molecular flexibility index (Phi) is 3.33. The van der Waals surface area contributed by atoms with Gasteiger partial charge in [0, 0.05) is 20.6 Å². The van der Waals surface area contributed by atoms with E-state index in [1.165, 1.54) is 11.6 Å². The second-order valence-electron chi connectivity index (χ2n) is 4.31. The van der Waals surface area contributed by atoms with E-state index in [0.29, 0.717) is 24.3 Å². The second kappa shape index (κ2) is 4.77. The first kappa shape index (κ1) is 12.6. The van der Waals surface area contributed by atoms with Crippen LogP contribution in [0.15, 0.2) is 15.9 Å². The minimum absolute atomic E-state index is 0.307. The van der Waals surface area contributed by atoms with Crippen molar-refractivity contribution in [2.75, 3.05) is 6.54 Å². The van der Waals surface area contributed by atoms with Gasteiger partial charge in [0.1, 0.15) is 0 Å². The van der Waals surface area contributed by atoms with Crippen LogP contribution in [0.2, 0.25) is 0 Å². The molecule has 2 aromatic heterocycles. The summed E-state index contributed by atoms with van der Waals surface area (Å²) in [6, 6.07) is 0. The van der Waals surface area contributed by atoms with Gasteiger partial charge < -0.3 is 10.3 Å². The van der Waals surface area contributed by atoms with Crippen molar-refractivity contribution in [2.24, 2.45) is 19.8 Å². The van der Waals surface area contributed by atoms with Crippen LogP contribution in [0.4, 0.5) is 0 Å². The van der Waals surface area contributed by atoms with Gasteiger partial charge in [-0.2, -0.15) is 0 Å². The van der Waals surface area contributed by atoms with Crippen molar-refractivity contribution >= 4 is 11.2 Å². The molecule has 0 amide bonds. The zero-order valence-electron chi connectivity index (χ0n) is 10.6. The standard InChI is InChI=1S/C11H17N5O2/c1-14-9-8(10(17)15(2)11(14)18)16(7-13-9)6-4-3-5-12/h7H,3-6,12H2,1-2H3. The number of unbranched alkanes of at least 4 members (excludes halogenated alkanes) is 1. The van der Waals surface area contributed by atoms with E-state index in [2.05, 4.69) is 4.98 Å². The van der Waals surface area contributed by atoms with Crippen LogP contribution < -0.4 is 17.0 Å². The molecule has 98 valence electrons. The number of aromatic nitrogens is 4. The van der Waals surface area contributed by atoms with Gasteiger partial charge in [0.15, 0.2) is 11.2 Å². The first-order valence-corrected chi connectivity index (χ1v) is 5.89. The molecule has 0 aliphatic carbocycles. The summed E-state index contributed by atoms with van der Waals surface area (Å²) in [5.41, 5.74) is 5.67. The summed E-state index contributed by atoms with van der Waals surface area (Å²) in [5.74, 6) is 0. The number of aryl methyl sites for hydroxylation is 2. The number of hydrogen-bond donors (Lipinski definition) is 1. The lowest BCUT2D eigenvalue weighted by atomic mass is 10.3. The Morgan fingerprint density at radius 3 is 2.61 bits per heavy atom. The Bertz CT molecular complexity index is 679. The third kappa shape index (κ3) is 1.86. The zero-order valence-corrected chi connectivity index (χ0v) is 10.6. The van der Waals surface area contributed by atoms with E-state index in [-0.39, 0.29) is 11.2 Å². The molecule has 0 aliphatic rings. The Morgan fingerprint density at radius 1 is 1.22 bits per heavy atom. The average Bonchev–Trinajstić information content (AvgIpc) is 2.78. The van der Waals surface area contributed by atoms with E-state index in [9.17, 15) is 9.59 Å². The van der Waals surface area contributed by atoms with Crippen LogP contribution in [-0.2, 0) is 20.6 Å². The van der Waals surface area contributed by atoms with Gasteiger partial charge in [-0.25, -0.2) is 9.78 Å². The summed E-state index contributed by atoms with van der Waals surface area (Å²) >= 11 is 0. The molecule has 0 aromatic carbocycles. The van der Waals surface area contributed by atoms with Gasteiger partial charge in [0.2, 0.25) is 0 Å². The molecular weight excluding hydrogens is 234 g/mol. The first-order chi connectivity index (χ1) is 8.57. The Morgan fingerprint density at radius 2 is 1.94 bits per heavy atom. The second-order valence-corrected chi connectivity index (χ2v) is 4.31. The molecule has 7 heteroatoms. The Labute approximate surface area is 103 Å². The normalized spacial score (nSPS) is 11.3. The highest BCUT2D eigenvalue weighted by atomic mass is 16.2. The van der Waals surface area contributed by atoms with E-state index in [1.54, 1.807) is 17.9 Å². The molecule has 0 spiro atoms. The van der Waals surface area contributed by atoms with Crippen LogP contribution in [0.1, 0.15) is 12.8 Å². The lowest BCUT2D eigenvalue weighted by Crippen LogP contribution is -2.37. The van der Waals surface area contributed by atoms with Gasteiger partial charge in [0.05, 0.1) is 6.33 Å². The SMILES string of the molecule is Cn1c(=O)c2c(ncn2CCCCN)n(C)c1=O. The zero-order chi connectivity index (χ0) is 13.3. The molecule has 0 radical (unpaired) electrons. The highest BCUT2D eigenvalue weighted by molar-refractivity contribution is 5.69. The number of fused-ring (bicyclic) bond motifs is 1. The fraction of sp³-hybridized carbons (Fsp3) is 0.545. The fourth-order valence-electron chi connectivity index (χ4n) is 1.99. The highest BCUT2D eigenvalue weighted by Gasteiger charge is 2.13. The maximum Gasteiger partial charge on any atom is 0.332 e. The third-order valence-corrected chi connectivity index (χ3v) is 3.07. The number of rotatable bonds is 4. The third-order valence-electron chi connectivity index (χ3n) is 3.07. The van der Waals surface area contributed by atoms with Crippen molar-refractivity contribution in [2.45, 2.75) is 19.4 Å². The minimum atomic E-state index is -0.361. The smallest absolute Gasteiger partial charge is 0.330 e. The molecule has 0 saturated heterocycles. The maximum atomic E-state index is 12.1. The number of imidazole rings is 1. The minimum Gasteiger partial charge on any atom is -0.330 e. The molecule has 0 saturated carbocycles. The van der Waals surface area contributed by atoms with Crippen molar-refractivity contribution in [1.29, 1.82) is 0 Å². The predicted octanol–water partition coefficient (Wildman–Crippen LogP) is -0.827. The van der Waals surface area contributed by atoms with Gasteiger partial charge >= 0.3 is 5.69 Å². The molecule has 0 unspecified atom stereocenters. The van der Waals surface area contributed by atoms with Crippen LogP contribution in [0.5, 0.6) is 0 Å². The van der Waals surface area contributed by atoms with Crippen LogP contribution in [-0.4, -0.2) is 25.2 Å². The summed E-state index contributed by atoms with van der Waals surface area (Å²) in [6.07, 6.45) is 3.38. The Balaban J connectivity index is 2.59. The number of hydrogen-bond acceptors (Lipinski definition) is 4. The molecule has 18 heavy (non-hydrogen) atoms. The maximum absolute atomic E-state index is 12.1. The molecular formula is C11H17N5O2. The van der Waals surface area contributed by atoms with Crippen molar-refractivity contribution in [3.8, 4) is 0 Å². The van der Waals surface area contributed by atoms with Gasteiger partial charge in [-0.05, 0) is 19.4 Å². The van der Waals surface area contributed by atoms with E-state index in [1.807, 2.05) is 0 Å². The first-order valence-electron chi connectivity index (χ1n) is 5.89. The highest BCUT2D eigenvalue weighted by Crippen LogP contribution is 2.06. The molecule has 0 bridgehead atoms. The van der Waals surface area contributed by atoms with E-state index in [0.717, 1.165) is 17.4 Å². The summed E-state index contributed by atoms with van der Waals surface area (Å²) < 4.78 is 4.27. The fourth-order valence-corrected chi connectivity index (χ4v) is 1.99. The van der Waals surface area contributed by atoms with Crippen molar-refractivity contribution in [3.05, 3.63) is 27.2 Å². The molecule has 7 nitrogen and oxygen atoms in total. The van der Waals surface area contributed by atoms with Gasteiger partial charge in [0.25, 0.3) is 5.56 Å². The van der Waals surface area contributed by atoms with E-state index >= 15 is 0 Å². The number of nitrogens with zero attached hydrogens (tertiary/aromatic N) is 4. The molecule has 2 heterocycles. The van der Waals surface area contributed by atoms with Crippen molar-refractivity contribution in [1.82, 2.24) is 18.7 Å². The number of nitrogens with two attached hydrogens (primary N) is 1. The van der Waals surface area contributed by atoms with Crippen LogP contribution in [0.25, 0.3) is 11.2 Å². The summed E-state index contributed by atoms with van der Waals surface area (Å²) in [7, 11) is 3.09. The van der Waals surface area contributed by atoms with E-state index < -0.39 is 0 Å². The molecule has 0 fully saturated rings. The van der Waals surface area contributed by atoms with Crippen molar-refractivity contribution in [3.63, 3.8) is 0 Å². The summed E-state index contributed by atoms with van der Waals surface area (Å²) in [4.78, 5) is 28.0. The summed E-state index contributed by atoms with van der Waals surface area (Å²) in [6.45, 7) is 1.31. The topological polar surface area (TPSA) is 87.8 Å². The van der Waals surface area contributed by atoms with Crippen LogP contribution in [0.3, 0.4) is 0 Å². The molecule has 2 N–H and O–H groups in total. The average molecular weight is 251 g/mol. The lowest BCUT2D eigenvalue weighted by Gasteiger charge is -2.06. The van der Waals surface area contributed by atoms with Crippen molar-refractivity contribution < 1.29 is 0 Å². The molecule has 2 aromatic rings. The predicted molar refractivity (Wildman–Crippen MR) is 68.5 cm³/mol. The van der Waals surface area contributed by atoms with Crippen LogP contribution >= 0.6 is 0 Å². The van der Waals surface area contributed by atoms with Gasteiger partial charge in [-0.15, -0.1) is 0 Å². The lowest BCUT2D eigenvalue weighted by molar-refractivity contribution is 0.621. The Hall–Kier alpha value is -1.89. The quantitative estimate of drug-likeness (QED) is 0.719. The van der Waals surface area contributed by atoms with Crippen LogP contribution in [0, 0.1) is 0 Å². The van der Waals surface area contributed by atoms with Gasteiger partial charge in [-0.1, -0.05) is 0 Å². The van der Waals surface area contributed by atoms with Gasteiger partial charge in [-0.3, -0.25) is 13.9 Å². The molecule has 0 aliphatic heterocycles. The molecule has 2 rings (SSSR count). The summed E-state index contributed by atoms with van der Waals surface area (Å²) in [5, 5.41) is 0.